The number of aromatic nitrogens is 2. The molecule has 1 saturated carbocycles. The lowest BCUT2D eigenvalue weighted by Crippen LogP contribution is -2.05. The molecule has 78 valence electrons. The Labute approximate surface area is 84.8 Å². The van der Waals surface area contributed by atoms with E-state index in [-0.39, 0.29) is 6.61 Å². The van der Waals surface area contributed by atoms with Gasteiger partial charge in [-0.2, -0.15) is 0 Å². The predicted molar refractivity (Wildman–Crippen MR) is 54.7 cm³/mol. The highest BCUT2D eigenvalue weighted by atomic mass is 16.3. The van der Waals surface area contributed by atoms with Gasteiger partial charge in [-0.05, 0) is 24.7 Å². The number of aliphatic hydroxyl groups excluding tert-OH is 1. The highest BCUT2D eigenvalue weighted by Gasteiger charge is 2.21. The predicted octanol–water partition coefficient (Wildman–Crippen LogP) is 1.81. The third-order valence-corrected chi connectivity index (χ3v) is 3.12. The summed E-state index contributed by atoms with van der Waals surface area (Å²) < 4.78 is 2.11. The Hall–Kier alpha value is -0.830. The van der Waals surface area contributed by atoms with Crippen LogP contribution in [0.5, 0.6) is 0 Å². The standard InChI is InChI=1S/C11H18N2O/c1-9-2-3-10(4-9)5-13-6-11(7-14)12-8-13/h6,8-10,14H,2-5,7H2,1H3. The number of nitrogens with zero attached hydrogens (tertiary/aromatic N) is 2. The summed E-state index contributed by atoms with van der Waals surface area (Å²) in [5, 5.41) is 8.88. The van der Waals surface area contributed by atoms with Gasteiger partial charge >= 0.3 is 0 Å². The summed E-state index contributed by atoms with van der Waals surface area (Å²) in [5.41, 5.74) is 0.774. The van der Waals surface area contributed by atoms with Crippen molar-refractivity contribution < 1.29 is 5.11 Å². The van der Waals surface area contributed by atoms with E-state index in [0.29, 0.717) is 0 Å². The summed E-state index contributed by atoms with van der Waals surface area (Å²) in [7, 11) is 0. The molecule has 0 spiro atoms. The Balaban J connectivity index is 1.90. The summed E-state index contributed by atoms with van der Waals surface area (Å²) in [6.07, 6.45) is 7.82. The maximum atomic E-state index is 8.88. The number of aliphatic hydroxyl groups is 1. The zero-order valence-electron chi connectivity index (χ0n) is 8.69. The van der Waals surface area contributed by atoms with E-state index < -0.39 is 0 Å². The van der Waals surface area contributed by atoms with Gasteiger partial charge in [-0.3, -0.25) is 0 Å². The first-order valence-electron chi connectivity index (χ1n) is 5.39. The van der Waals surface area contributed by atoms with Crippen LogP contribution in [-0.4, -0.2) is 14.7 Å². The van der Waals surface area contributed by atoms with Crippen LogP contribution in [-0.2, 0) is 13.2 Å². The molecule has 1 N–H and O–H groups in total. The van der Waals surface area contributed by atoms with Crippen LogP contribution >= 0.6 is 0 Å². The molecule has 3 heteroatoms. The fourth-order valence-corrected chi connectivity index (χ4v) is 2.38. The summed E-state index contributed by atoms with van der Waals surface area (Å²) in [6.45, 7) is 3.44. The molecular weight excluding hydrogens is 176 g/mol. The van der Waals surface area contributed by atoms with E-state index >= 15 is 0 Å². The van der Waals surface area contributed by atoms with E-state index in [9.17, 15) is 0 Å². The van der Waals surface area contributed by atoms with Crippen LogP contribution in [0.1, 0.15) is 31.9 Å². The average molecular weight is 194 g/mol. The highest BCUT2D eigenvalue weighted by Crippen LogP contribution is 2.31. The van der Waals surface area contributed by atoms with Crippen LogP contribution in [0.25, 0.3) is 0 Å². The van der Waals surface area contributed by atoms with Gasteiger partial charge < -0.3 is 9.67 Å². The summed E-state index contributed by atoms with van der Waals surface area (Å²) in [4.78, 5) is 4.11. The van der Waals surface area contributed by atoms with E-state index in [2.05, 4.69) is 16.5 Å². The molecule has 0 radical (unpaired) electrons. The molecule has 2 unspecified atom stereocenters. The van der Waals surface area contributed by atoms with Crippen LogP contribution < -0.4 is 0 Å². The minimum absolute atomic E-state index is 0.0497. The lowest BCUT2D eigenvalue weighted by molar-refractivity contribution is 0.277. The van der Waals surface area contributed by atoms with Crippen molar-refractivity contribution in [1.82, 2.24) is 9.55 Å². The van der Waals surface area contributed by atoms with E-state index in [1.165, 1.54) is 19.3 Å². The molecule has 0 amide bonds. The van der Waals surface area contributed by atoms with Gasteiger partial charge in [-0.1, -0.05) is 13.3 Å². The van der Waals surface area contributed by atoms with Gasteiger partial charge in [-0.15, -0.1) is 0 Å². The van der Waals surface area contributed by atoms with Gasteiger partial charge in [0, 0.05) is 12.7 Å². The molecule has 2 atom stereocenters. The second-order valence-corrected chi connectivity index (χ2v) is 4.50. The van der Waals surface area contributed by atoms with E-state index in [4.69, 9.17) is 5.11 Å². The molecule has 0 bridgehead atoms. The normalized spacial score (nSPS) is 27.0. The van der Waals surface area contributed by atoms with Crippen LogP contribution in [0.2, 0.25) is 0 Å². The minimum atomic E-state index is 0.0497. The molecule has 14 heavy (non-hydrogen) atoms. The Morgan fingerprint density at radius 2 is 2.43 bits per heavy atom. The first-order chi connectivity index (χ1) is 6.78. The average Bonchev–Trinajstić information content (AvgIpc) is 2.76. The van der Waals surface area contributed by atoms with E-state index in [0.717, 1.165) is 24.1 Å². The summed E-state index contributed by atoms with van der Waals surface area (Å²) >= 11 is 0. The molecule has 3 nitrogen and oxygen atoms in total. The summed E-state index contributed by atoms with van der Waals surface area (Å²) in [6, 6.07) is 0. The van der Waals surface area contributed by atoms with Crippen molar-refractivity contribution in [2.24, 2.45) is 11.8 Å². The van der Waals surface area contributed by atoms with Gasteiger partial charge in [0.15, 0.2) is 0 Å². The molecule has 1 aromatic rings. The monoisotopic (exact) mass is 194 g/mol. The van der Waals surface area contributed by atoms with E-state index in [1.807, 2.05) is 12.5 Å². The molecule has 1 fully saturated rings. The Bertz CT molecular complexity index is 295. The first-order valence-corrected chi connectivity index (χ1v) is 5.39. The van der Waals surface area contributed by atoms with Crippen molar-refractivity contribution in [2.75, 3.05) is 0 Å². The molecule has 1 heterocycles. The number of hydrogen-bond acceptors (Lipinski definition) is 2. The maximum absolute atomic E-state index is 8.88. The molecule has 0 aliphatic heterocycles. The van der Waals surface area contributed by atoms with Crippen molar-refractivity contribution >= 4 is 0 Å². The zero-order valence-corrected chi connectivity index (χ0v) is 8.69. The third kappa shape index (κ3) is 2.15. The molecule has 1 aliphatic carbocycles. The largest absolute Gasteiger partial charge is 0.390 e. The van der Waals surface area contributed by atoms with Gasteiger partial charge in [0.1, 0.15) is 0 Å². The van der Waals surface area contributed by atoms with Crippen molar-refractivity contribution in [2.45, 2.75) is 39.3 Å². The highest BCUT2D eigenvalue weighted by molar-refractivity contribution is 4.94. The van der Waals surface area contributed by atoms with Crippen LogP contribution in [0.15, 0.2) is 12.5 Å². The molecular formula is C11H18N2O. The smallest absolute Gasteiger partial charge is 0.0950 e. The first kappa shape index (κ1) is 9.71. The van der Waals surface area contributed by atoms with Crippen LogP contribution in [0.3, 0.4) is 0 Å². The van der Waals surface area contributed by atoms with Crippen LogP contribution in [0, 0.1) is 11.8 Å². The fourth-order valence-electron chi connectivity index (χ4n) is 2.38. The van der Waals surface area contributed by atoms with Crippen LogP contribution in [0.4, 0.5) is 0 Å². The van der Waals surface area contributed by atoms with Gasteiger partial charge in [0.2, 0.25) is 0 Å². The third-order valence-electron chi connectivity index (χ3n) is 3.12. The maximum Gasteiger partial charge on any atom is 0.0950 e. The SMILES string of the molecule is CC1CCC(Cn2cnc(CO)c2)C1. The van der Waals surface area contributed by atoms with Gasteiger partial charge in [0.05, 0.1) is 18.6 Å². The van der Waals surface area contributed by atoms with Gasteiger partial charge in [-0.25, -0.2) is 4.98 Å². The summed E-state index contributed by atoms with van der Waals surface area (Å²) in [5.74, 6) is 1.70. The molecule has 0 aromatic carbocycles. The van der Waals surface area contributed by atoms with Crippen molar-refractivity contribution in [3.63, 3.8) is 0 Å². The lowest BCUT2D eigenvalue weighted by Gasteiger charge is -2.09. The Kier molecular flexibility index (Phi) is 2.87. The molecule has 1 aromatic heterocycles. The molecule has 1 aliphatic rings. The topological polar surface area (TPSA) is 38.0 Å². The van der Waals surface area contributed by atoms with Crippen molar-refractivity contribution in [3.05, 3.63) is 18.2 Å². The Morgan fingerprint density at radius 1 is 1.57 bits per heavy atom. The second-order valence-electron chi connectivity index (χ2n) is 4.50. The van der Waals surface area contributed by atoms with Crippen molar-refractivity contribution in [1.29, 1.82) is 0 Å². The number of rotatable bonds is 3. The number of imidazole rings is 1. The van der Waals surface area contributed by atoms with Gasteiger partial charge in [0.25, 0.3) is 0 Å². The molecule has 0 saturated heterocycles. The fraction of sp³-hybridized carbons (Fsp3) is 0.727. The second kappa shape index (κ2) is 4.13. The zero-order chi connectivity index (χ0) is 9.97. The molecule has 2 rings (SSSR count). The minimum Gasteiger partial charge on any atom is -0.390 e. The Morgan fingerprint density at radius 3 is 3.00 bits per heavy atom. The lowest BCUT2D eigenvalue weighted by atomic mass is 10.1. The van der Waals surface area contributed by atoms with Crippen molar-refractivity contribution in [3.8, 4) is 0 Å². The number of hydrogen-bond donors (Lipinski definition) is 1. The van der Waals surface area contributed by atoms with E-state index in [1.54, 1.807) is 0 Å². The quantitative estimate of drug-likeness (QED) is 0.797.